The van der Waals surface area contributed by atoms with E-state index in [1.54, 1.807) is 7.11 Å². The Balaban J connectivity index is 0.00000320. The fraction of sp³-hybridized carbons (Fsp3) is 0.957. The van der Waals surface area contributed by atoms with Gasteiger partial charge in [0.1, 0.15) is 0 Å². The number of nitrogens with one attached hydrogen (secondary N) is 2. The van der Waals surface area contributed by atoms with E-state index in [0.29, 0.717) is 12.1 Å². The lowest BCUT2D eigenvalue weighted by Gasteiger charge is -2.34. The first-order chi connectivity index (χ1) is 14.3. The van der Waals surface area contributed by atoms with Crippen LogP contribution < -0.4 is 10.6 Å². The summed E-state index contributed by atoms with van der Waals surface area (Å²) in [7, 11) is 3.69. The summed E-state index contributed by atoms with van der Waals surface area (Å²) < 4.78 is 5.17. The maximum Gasteiger partial charge on any atom is 0.191 e. The summed E-state index contributed by atoms with van der Waals surface area (Å²) in [5, 5.41) is 7.33. The molecule has 1 atom stereocenters. The number of guanidine groups is 1. The molecule has 30 heavy (non-hydrogen) atoms. The number of ether oxygens (including phenoxy) is 1. The number of aliphatic imine (C=N–C) groups is 1. The highest BCUT2D eigenvalue weighted by molar-refractivity contribution is 14.0. The summed E-state index contributed by atoms with van der Waals surface area (Å²) in [5.41, 5.74) is 0. The molecule has 1 unspecified atom stereocenters. The van der Waals surface area contributed by atoms with Crippen LogP contribution in [0.1, 0.15) is 64.2 Å². The number of rotatable bonds is 9. The lowest BCUT2D eigenvalue weighted by atomic mass is 9.89. The molecule has 3 rings (SSSR count). The molecule has 0 aromatic carbocycles. The van der Waals surface area contributed by atoms with E-state index in [0.717, 1.165) is 38.0 Å². The molecule has 0 bridgehead atoms. The molecule has 0 radical (unpaired) electrons. The molecule has 6 nitrogen and oxygen atoms in total. The summed E-state index contributed by atoms with van der Waals surface area (Å²) in [5.74, 6) is 1.93. The van der Waals surface area contributed by atoms with E-state index < -0.39 is 0 Å². The van der Waals surface area contributed by atoms with Crippen LogP contribution in [0.5, 0.6) is 0 Å². The fourth-order valence-electron chi connectivity index (χ4n) is 5.40. The Hall–Kier alpha value is -0.120. The zero-order chi connectivity index (χ0) is 20.3. The Labute approximate surface area is 202 Å². The van der Waals surface area contributed by atoms with Crippen LogP contribution in [-0.2, 0) is 4.74 Å². The summed E-state index contributed by atoms with van der Waals surface area (Å²) in [6.07, 6.45) is 13.5. The van der Waals surface area contributed by atoms with Crippen molar-refractivity contribution in [3.63, 3.8) is 0 Å². The van der Waals surface area contributed by atoms with Gasteiger partial charge >= 0.3 is 0 Å². The monoisotopic (exact) mass is 535 g/mol. The fourth-order valence-corrected chi connectivity index (χ4v) is 5.40. The van der Waals surface area contributed by atoms with Crippen molar-refractivity contribution >= 4 is 29.9 Å². The molecule has 2 saturated heterocycles. The van der Waals surface area contributed by atoms with Gasteiger partial charge in [0, 0.05) is 65.6 Å². The van der Waals surface area contributed by atoms with E-state index in [-0.39, 0.29) is 24.0 Å². The minimum Gasteiger partial charge on any atom is -0.385 e. The van der Waals surface area contributed by atoms with Crippen LogP contribution in [0.4, 0.5) is 0 Å². The maximum absolute atomic E-state index is 5.17. The van der Waals surface area contributed by atoms with E-state index in [1.807, 2.05) is 7.05 Å². The van der Waals surface area contributed by atoms with Gasteiger partial charge in [0.25, 0.3) is 0 Å². The van der Waals surface area contributed by atoms with Crippen molar-refractivity contribution in [3.05, 3.63) is 0 Å². The molecule has 0 spiro atoms. The number of piperidine rings is 1. The van der Waals surface area contributed by atoms with E-state index in [9.17, 15) is 0 Å². The molecule has 2 heterocycles. The second kappa shape index (κ2) is 14.9. The Kier molecular flexibility index (Phi) is 12.9. The van der Waals surface area contributed by atoms with Crippen LogP contribution in [0.15, 0.2) is 4.99 Å². The Morgan fingerprint density at radius 3 is 2.47 bits per heavy atom. The highest BCUT2D eigenvalue weighted by atomic mass is 127. The summed E-state index contributed by atoms with van der Waals surface area (Å²) in [4.78, 5) is 9.83. The second-order valence-electron chi connectivity index (χ2n) is 9.35. The van der Waals surface area contributed by atoms with E-state index in [1.165, 1.54) is 84.0 Å². The smallest absolute Gasteiger partial charge is 0.191 e. The lowest BCUT2D eigenvalue weighted by Crippen LogP contribution is -2.51. The van der Waals surface area contributed by atoms with Crippen LogP contribution >= 0.6 is 24.0 Å². The van der Waals surface area contributed by atoms with E-state index in [4.69, 9.17) is 4.74 Å². The van der Waals surface area contributed by atoms with Crippen molar-refractivity contribution in [2.24, 2.45) is 10.9 Å². The predicted molar refractivity (Wildman–Crippen MR) is 137 cm³/mol. The van der Waals surface area contributed by atoms with Crippen molar-refractivity contribution in [2.75, 3.05) is 60.0 Å². The average molecular weight is 536 g/mol. The van der Waals surface area contributed by atoms with Gasteiger partial charge in [-0.2, -0.15) is 0 Å². The number of likely N-dealkylation sites (tertiary alicyclic amines) is 2. The van der Waals surface area contributed by atoms with E-state index >= 15 is 0 Å². The molecular weight excluding hydrogens is 489 g/mol. The largest absolute Gasteiger partial charge is 0.385 e. The van der Waals surface area contributed by atoms with Crippen LogP contribution in [0.3, 0.4) is 0 Å². The number of hydrogen-bond acceptors (Lipinski definition) is 4. The van der Waals surface area contributed by atoms with Gasteiger partial charge in [-0.3, -0.25) is 9.89 Å². The predicted octanol–water partition coefficient (Wildman–Crippen LogP) is 3.32. The second-order valence-corrected chi connectivity index (χ2v) is 9.35. The number of methoxy groups -OCH3 is 1. The highest BCUT2D eigenvalue weighted by Gasteiger charge is 2.28. The molecule has 3 aliphatic rings. The minimum absolute atomic E-state index is 0. The molecular formula is C23H46IN5O. The maximum atomic E-state index is 5.17. The first-order valence-corrected chi connectivity index (χ1v) is 12.2. The first-order valence-electron chi connectivity index (χ1n) is 12.2. The molecule has 2 N–H and O–H groups in total. The standard InChI is InChI=1S/C23H45N5O.HI/c1-24-23(26-21-11-15-27(16-12-21)13-7-17-29-2)25-18-22-10-6-14-28(22)19-20-8-4-3-5-9-20;/h20-22H,3-19H2,1-2H3,(H2,24,25,26);1H. The van der Waals surface area contributed by atoms with Crippen LogP contribution in [0, 0.1) is 5.92 Å². The summed E-state index contributed by atoms with van der Waals surface area (Å²) in [6.45, 7) is 8.02. The molecule has 0 aromatic heterocycles. The first kappa shape index (κ1) is 26.1. The zero-order valence-electron chi connectivity index (χ0n) is 19.4. The van der Waals surface area contributed by atoms with Crippen LogP contribution in [-0.4, -0.2) is 87.9 Å². The van der Waals surface area contributed by atoms with Crippen molar-refractivity contribution < 1.29 is 4.74 Å². The zero-order valence-corrected chi connectivity index (χ0v) is 21.7. The molecule has 3 fully saturated rings. The summed E-state index contributed by atoms with van der Waals surface area (Å²) >= 11 is 0. The van der Waals surface area contributed by atoms with Gasteiger partial charge in [-0.25, -0.2) is 0 Å². The van der Waals surface area contributed by atoms with Crippen LogP contribution in [0.25, 0.3) is 0 Å². The average Bonchev–Trinajstić information content (AvgIpc) is 3.20. The van der Waals surface area contributed by atoms with Crippen molar-refractivity contribution in [2.45, 2.75) is 76.3 Å². The van der Waals surface area contributed by atoms with Crippen molar-refractivity contribution in [1.29, 1.82) is 0 Å². The third-order valence-corrected chi connectivity index (χ3v) is 7.20. The molecule has 1 saturated carbocycles. The van der Waals surface area contributed by atoms with Crippen molar-refractivity contribution in [3.8, 4) is 0 Å². The number of nitrogens with zero attached hydrogens (tertiary/aromatic N) is 3. The molecule has 0 amide bonds. The third-order valence-electron chi connectivity index (χ3n) is 7.20. The highest BCUT2D eigenvalue weighted by Crippen LogP contribution is 2.27. The lowest BCUT2D eigenvalue weighted by molar-refractivity contribution is 0.155. The van der Waals surface area contributed by atoms with Gasteiger partial charge < -0.3 is 20.3 Å². The number of halogens is 1. The van der Waals surface area contributed by atoms with E-state index in [2.05, 4.69) is 25.4 Å². The minimum atomic E-state index is 0. The van der Waals surface area contributed by atoms with Gasteiger partial charge in [0.15, 0.2) is 5.96 Å². The van der Waals surface area contributed by atoms with Gasteiger partial charge in [0.05, 0.1) is 0 Å². The van der Waals surface area contributed by atoms with Gasteiger partial charge in [-0.1, -0.05) is 19.3 Å². The molecule has 176 valence electrons. The quantitative estimate of drug-likeness (QED) is 0.205. The molecule has 2 aliphatic heterocycles. The Bertz CT molecular complexity index is 478. The van der Waals surface area contributed by atoms with Crippen molar-refractivity contribution in [1.82, 2.24) is 20.4 Å². The molecule has 7 heteroatoms. The number of hydrogen-bond donors (Lipinski definition) is 2. The topological polar surface area (TPSA) is 52.1 Å². The Morgan fingerprint density at radius 1 is 1.00 bits per heavy atom. The van der Waals surface area contributed by atoms with Gasteiger partial charge in [-0.05, 0) is 57.4 Å². The normalized spacial score (nSPS) is 25.3. The SMILES string of the molecule is CN=C(NCC1CCCN1CC1CCCCC1)NC1CCN(CCCOC)CC1.I. The third kappa shape index (κ3) is 8.79. The van der Waals surface area contributed by atoms with Gasteiger partial charge in [-0.15, -0.1) is 24.0 Å². The van der Waals surface area contributed by atoms with Gasteiger partial charge in [0.2, 0.25) is 0 Å². The summed E-state index contributed by atoms with van der Waals surface area (Å²) in [6, 6.07) is 1.22. The Morgan fingerprint density at radius 2 is 1.77 bits per heavy atom. The van der Waals surface area contributed by atoms with Crippen LogP contribution in [0.2, 0.25) is 0 Å². The molecule has 1 aliphatic carbocycles. The molecule has 0 aromatic rings.